The molecule has 0 bridgehead atoms. The number of benzene rings is 14. The number of hydrogen-bond acceptors (Lipinski definition) is 2. The molecule has 2 nitrogen and oxygen atoms in total. The molecule has 0 unspecified atom stereocenters. The Hall–Kier alpha value is -9.24. The van der Waals surface area contributed by atoms with E-state index >= 15 is 0 Å². The maximum Gasteiger partial charge on any atom is 0.0546 e. The highest BCUT2D eigenvalue weighted by Crippen LogP contribution is 2.55. The molecule has 2 heteroatoms. The first-order valence-electron chi connectivity index (χ1n) is 29.8. The topological polar surface area (TPSA) is 6.48 Å². The number of nitrogens with zero attached hydrogens (tertiary/aromatic N) is 2. The smallest absolute Gasteiger partial charge is 0.0546 e. The summed E-state index contributed by atoms with van der Waals surface area (Å²) in [7, 11) is 0. The van der Waals surface area contributed by atoms with Crippen LogP contribution in [0.25, 0.3) is 97.7 Å². The molecule has 398 valence electrons. The second-order valence-corrected chi connectivity index (χ2v) is 23.1. The maximum absolute atomic E-state index is 2.55. The molecule has 14 aromatic rings. The number of anilines is 6. The van der Waals surface area contributed by atoms with Crippen molar-refractivity contribution in [2.75, 3.05) is 9.80 Å². The zero-order chi connectivity index (χ0) is 55.6. The van der Waals surface area contributed by atoms with Crippen LogP contribution in [0.1, 0.15) is 72.9 Å². The summed E-state index contributed by atoms with van der Waals surface area (Å²) in [5.74, 6) is 0. The highest BCUT2D eigenvalue weighted by molar-refractivity contribution is 6.35. The van der Waals surface area contributed by atoms with Gasteiger partial charge in [-0.1, -0.05) is 219 Å². The lowest BCUT2D eigenvalue weighted by molar-refractivity contribution is 0.802. The van der Waals surface area contributed by atoms with Crippen molar-refractivity contribution in [2.24, 2.45) is 0 Å². The summed E-state index contributed by atoms with van der Waals surface area (Å²) < 4.78 is 0. The zero-order valence-corrected chi connectivity index (χ0v) is 48.1. The second-order valence-electron chi connectivity index (χ2n) is 23.1. The molecule has 0 aliphatic heterocycles. The van der Waals surface area contributed by atoms with Gasteiger partial charge in [0.2, 0.25) is 0 Å². The highest BCUT2D eigenvalue weighted by atomic mass is 15.1. The largest absolute Gasteiger partial charge is 0.310 e. The van der Waals surface area contributed by atoms with Crippen molar-refractivity contribution < 1.29 is 0 Å². The minimum atomic E-state index is 1.03. The molecule has 0 saturated heterocycles. The van der Waals surface area contributed by atoms with Crippen molar-refractivity contribution in [3.8, 4) is 22.3 Å². The van der Waals surface area contributed by atoms with E-state index in [2.05, 4.69) is 282 Å². The molecule has 0 aromatic heterocycles. The summed E-state index contributed by atoms with van der Waals surface area (Å²) in [6.45, 7) is 13.4. The van der Waals surface area contributed by atoms with Gasteiger partial charge in [0.25, 0.3) is 0 Å². The number of rotatable bonds is 14. The lowest BCUT2D eigenvalue weighted by Gasteiger charge is -2.31. The van der Waals surface area contributed by atoms with E-state index in [1.807, 2.05) is 0 Å². The normalized spacial score (nSPS) is 11.8. The van der Waals surface area contributed by atoms with Crippen LogP contribution in [0, 0.1) is 27.7 Å². The van der Waals surface area contributed by atoms with Crippen molar-refractivity contribution >= 4 is 110 Å². The summed E-state index contributed by atoms with van der Waals surface area (Å²) >= 11 is 0. The van der Waals surface area contributed by atoms with Crippen molar-refractivity contribution in [3.05, 3.63) is 264 Å². The van der Waals surface area contributed by atoms with Gasteiger partial charge in [-0.3, -0.25) is 0 Å². The average molecular weight is 1060 g/mol. The van der Waals surface area contributed by atoms with E-state index in [4.69, 9.17) is 0 Å². The van der Waals surface area contributed by atoms with E-state index in [1.54, 1.807) is 0 Å². The Kier molecular flexibility index (Phi) is 13.1. The van der Waals surface area contributed by atoms with Gasteiger partial charge < -0.3 is 9.80 Å². The van der Waals surface area contributed by atoms with Crippen LogP contribution in [0.5, 0.6) is 0 Å². The Morgan fingerprint density at radius 2 is 0.524 bits per heavy atom. The van der Waals surface area contributed by atoms with E-state index in [0.29, 0.717) is 0 Å². The van der Waals surface area contributed by atoms with Crippen LogP contribution in [0.2, 0.25) is 0 Å². The standard InChI is InChI=1S/C80H68N2/c1-7-9-19-59-61-21-11-15-25-65(61)77(66-26-16-12-22-62(59)66)73-49-75(81(55-37-29-51(3)30-38-55)56-39-31-52(4)32-40-56)71-48-46-70-74(78-67-27-17-13-23-63(67)60(20-10-8-2)64-24-14-18-28-68(64)78)50-76(72-47-45-69(73)79(71)80(70)72)82(57-41-33-53(5)34-42-57)58-43-35-54(6)36-44-58/h11-18,21-50H,7-10,19-20H2,1-6H3. The predicted octanol–water partition coefficient (Wildman–Crippen LogP) is 23.4. The lowest BCUT2D eigenvalue weighted by Crippen LogP contribution is -2.12. The highest BCUT2D eigenvalue weighted by Gasteiger charge is 2.29. The van der Waals surface area contributed by atoms with Crippen LogP contribution >= 0.6 is 0 Å². The summed E-state index contributed by atoms with van der Waals surface area (Å²) in [6, 6.07) is 88.5. The Balaban J connectivity index is 1.21. The van der Waals surface area contributed by atoms with Gasteiger partial charge in [0.1, 0.15) is 0 Å². The Labute approximate surface area is 482 Å². The molecular weight excluding hydrogens is 989 g/mol. The number of hydrogen-bond donors (Lipinski definition) is 0. The van der Waals surface area contributed by atoms with Crippen LogP contribution < -0.4 is 9.80 Å². The minimum absolute atomic E-state index is 1.03. The molecular formula is C80H68N2. The molecule has 0 atom stereocenters. The van der Waals surface area contributed by atoms with Gasteiger partial charge in [0.05, 0.1) is 11.4 Å². The van der Waals surface area contributed by atoms with Crippen molar-refractivity contribution in [3.63, 3.8) is 0 Å². The van der Waals surface area contributed by atoms with Crippen molar-refractivity contribution in [1.29, 1.82) is 0 Å². The molecule has 0 saturated carbocycles. The van der Waals surface area contributed by atoms with E-state index in [9.17, 15) is 0 Å². The molecule has 0 aliphatic rings. The Morgan fingerprint density at radius 3 is 0.793 bits per heavy atom. The monoisotopic (exact) mass is 1060 g/mol. The summed E-state index contributed by atoms with van der Waals surface area (Å²) in [5.41, 5.74) is 19.6. The molecule has 0 heterocycles. The van der Waals surface area contributed by atoms with Crippen LogP contribution in [0.15, 0.2) is 231 Å². The van der Waals surface area contributed by atoms with Crippen LogP contribution in [-0.4, -0.2) is 0 Å². The van der Waals surface area contributed by atoms with Gasteiger partial charge in [0, 0.05) is 44.3 Å². The maximum atomic E-state index is 2.55. The van der Waals surface area contributed by atoms with E-state index in [-0.39, 0.29) is 0 Å². The average Bonchev–Trinajstić information content (AvgIpc) is 3.25. The second kappa shape index (κ2) is 21.0. The third-order valence-corrected chi connectivity index (χ3v) is 17.7. The molecule has 0 aliphatic carbocycles. The first kappa shape index (κ1) is 50.9. The first-order valence-corrected chi connectivity index (χ1v) is 29.8. The molecule has 0 radical (unpaired) electrons. The van der Waals surface area contributed by atoms with Gasteiger partial charge >= 0.3 is 0 Å². The summed E-state index contributed by atoms with van der Waals surface area (Å²) in [6.07, 6.45) is 6.61. The first-order chi connectivity index (χ1) is 40.3. The van der Waals surface area contributed by atoms with Gasteiger partial charge in [-0.25, -0.2) is 0 Å². The third kappa shape index (κ3) is 8.54. The quantitative estimate of drug-likeness (QED) is 0.0791. The SMILES string of the molecule is CCCCc1c2ccccc2c(-c2cc(N(c3ccc(C)cc3)c3ccc(C)cc3)c3ccc4c(-c5c6ccccc6c(CCCC)c6ccccc56)cc(N(c5ccc(C)cc5)c5ccc(C)cc5)c5ccc2c3c45)c2ccccc12. The molecule has 0 N–H and O–H groups in total. The third-order valence-electron chi connectivity index (χ3n) is 17.7. The lowest BCUT2D eigenvalue weighted by atomic mass is 9.81. The fourth-order valence-corrected chi connectivity index (χ4v) is 13.6. The summed E-state index contributed by atoms with van der Waals surface area (Å²) in [5, 5.41) is 17.9. The zero-order valence-electron chi connectivity index (χ0n) is 48.1. The van der Waals surface area contributed by atoms with E-state index in [0.717, 1.165) is 72.6 Å². The van der Waals surface area contributed by atoms with Crippen molar-refractivity contribution in [2.45, 2.75) is 80.1 Å². The summed E-state index contributed by atoms with van der Waals surface area (Å²) in [4.78, 5) is 5.05. The molecule has 0 amide bonds. The number of aryl methyl sites for hydroxylation is 6. The Bertz CT molecular complexity index is 4210. The van der Waals surface area contributed by atoms with Crippen LogP contribution in [-0.2, 0) is 12.8 Å². The molecule has 14 aromatic carbocycles. The van der Waals surface area contributed by atoms with E-state index < -0.39 is 0 Å². The molecule has 82 heavy (non-hydrogen) atoms. The minimum Gasteiger partial charge on any atom is -0.310 e. The van der Waals surface area contributed by atoms with Crippen LogP contribution in [0.3, 0.4) is 0 Å². The molecule has 0 fully saturated rings. The van der Waals surface area contributed by atoms with Gasteiger partial charge in [-0.2, -0.15) is 0 Å². The predicted molar refractivity (Wildman–Crippen MR) is 357 cm³/mol. The number of unbranched alkanes of at least 4 members (excludes halogenated alkanes) is 2. The van der Waals surface area contributed by atoms with Crippen LogP contribution in [0.4, 0.5) is 34.1 Å². The van der Waals surface area contributed by atoms with Gasteiger partial charge in [-0.15, -0.1) is 0 Å². The molecule has 0 spiro atoms. The fourth-order valence-electron chi connectivity index (χ4n) is 13.6. The fraction of sp³-hybridized carbons (Fsp3) is 0.150. The molecule has 14 rings (SSSR count). The van der Waals surface area contributed by atoms with Crippen molar-refractivity contribution in [1.82, 2.24) is 0 Å². The van der Waals surface area contributed by atoms with Gasteiger partial charge in [-0.05, 0) is 201 Å². The van der Waals surface area contributed by atoms with Gasteiger partial charge in [0.15, 0.2) is 0 Å². The number of fused-ring (bicyclic) bond motifs is 4. The van der Waals surface area contributed by atoms with E-state index in [1.165, 1.54) is 131 Å². The Morgan fingerprint density at radius 1 is 0.268 bits per heavy atom.